The van der Waals surface area contributed by atoms with Crippen molar-refractivity contribution in [2.45, 2.75) is 6.54 Å². The van der Waals surface area contributed by atoms with Gasteiger partial charge in [0.05, 0.1) is 22.1 Å². The van der Waals surface area contributed by atoms with E-state index in [2.05, 4.69) is 5.32 Å². The number of hydrogen-bond donors (Lipinski definition) is 1. The maximum atomic E-state index is 12.4. The van der Waals surface area contributed by atoms with E-state index in [0.717, 1.165) is 15.9 Å². The number of hydrogen-bond acceptors (Lipinski definition) is 4. The summed E-state index contributed by atoms with van der Waals surface area (Å²) in [4.78, 5) is 24.2. The Morgan fingerprint density at radius 2 is 2.14 bits per heavy atom. The lowest BCUT2D eigenvalue weighted by molar-refractivity contribution is 0.103. The molecule has 0 saturated heterocycles. The van der Waals surface area contributed by atoms with Crippen LogP contribution in [0.1, 0.15) is 14.5 Å². The fraction of sp³-hybridized carbons (Fsp3) is 0.154. The van der Waals surface area contributed by atoms with Crippen LogP contribution in [0.3, 0.4) is 0 Å². The molecule has 0 unspecified atom stereocenters. The maximum absolute atomic E-state index is 12.4. The predicted octanol–water partition coefficient (Wildman–Crippen LogP) is 3.31. The first-order chi connectivity index (χ1) is 10.5. The van der Waals surface area contributed by atoms with Crippen LogP contribution >= 0.6 is 34.5 Å². The van der Waals surface area contributed by atoms with Gasteiger partial charge in [-0.2, -0.15) is 5.26 Å². The highest BCUT2D eigenvalue weighted by Crippen LogP contribution is 2.26. The number of anilines is 1. The molecular weight excluding hydrogens is 352 g/mol. The second-order valence-corrected chi connectivity index (χ2v) is 5.98. The minimum absolute atomic E-state index is 0.131. The third kappa shape index (κ3) is 3.47. The lowest BCUT2D eigenvalue weighted by atomic mass is 10.3. The Morgan fingerprint density at radius 3 is 2.73 bits per heavy atom. The van der Waals surface area contributed by atoms with Gasteiger partial charge in [0.2, 0.25) is 0 Å². The van der Waals surface area contributed by atoms with Gasteiger partial charge in [0, 0.05) is 6.20 Å². The van der Waals surface area contributed by atoms with E-state index in [9.17, 15) is 14.0 Å². The van der Waals surface area contributed by atoms with Crippen LogP contribution < -0.4 is 10.9 Å². The molecule has 0 saturated carbocycles. The van der Waals surface area contributed by atoms with Crippen LogP contribution in [0.25, 0.3) is 0 Å². The Morgan fingerprint density at radius 1 is 1.41 bits per heavy atom. The van der Waals surface area contributed by atoms with Crippen molar-refractivity contribution in [1.82, 2.24) is 4.57 Å². The number of nitrogens with zero attached hydrogens (tertiary/aromatic N) is 2. The summed E-state index contributed by atoms with van der Waals surface area (Å²) in [6.07, 6.45) is 1.30. The molecule has 2 aromatic rings. The molecule has 114 valence electrons. The summed E-state index contributed by atoms with van der Waals surface area (Å²) in [5.41, 5.74) is -0.297. The Labute approximate surface area is 138 Å². The minimum Gasteiger partial charge on any atom is -0.320 e. The molecule has 9 heteroatoms. The number of rotatable bonds is 4. The lowest BCUT2D eigenvalue weighted by Gasteiger charge is -2.08. The molecule has 0 bridgehead atoms. The Bertz CT molecular complexity index is 826. The van der Waals surface area contributed by atoms with Crippen LogP contribution in [0.5, 0.6) is 0 Å². The van der Waals surface area contributed by atoms with Crippen LogP contribution in [0, 0.1) is 11.3 Å². The number of halogens is 3. The molecule has 22 heavy (non-hydrogen) atoms. The number of amides is 1. The van der Waals surface area contributed by atoms with Crippen LogP contribution in [0.4, 0.5) is 10.1 Å². The van der Waals surface area contributed by atoms with E-state index in [-0.39, 0.29) is 32.0 Å². The van der Waals surface area contributed by atoms with Crippen molar-refractivity contribution in [2.75, 3.05) is 12.0 Å². The molecule has 2 aromatic heterocycles. The van der Waals surface area contributed by atoms with Gasteiger partial charge in [-0.1, -0.05) is 23.2 Å². The van der Waals surface area contributed by atoms with Crippen molar-refractivity contribution in [3.05, 3.63) is 48.5 Å². The van der Waals surface area contributed by atoms with Gasteiger partial charge in [-0.25, -0.2) is 4.39 Å². The minimum atomic E-state index is -0.736. The summed E-state index contributed by atoms with van der Waals surface area (Å²) in [5.74, 6) is -0.505. The van der Waals surface area contributed by atoms with Gasteiger partial charge in [0.25, 0.3) is 11.5 Å². The topological polar surface area (TPSA) is 74.9 Å². The number of carbonyl (C=O) groups is 1. The fourth-order valence-electron chi connectivity index (χ4n) is 1.67. The SMILES string of the molecule is N#Cc1sc(C(=O)Nc2cc(Cl)c(=O)n(CCF)c2)cc1Cl. The summed E-state index contributed by atoms with van der Waals surface area (Å²) in [5, 5.41) is 11.4. The summed E-state index contributed by atoms with van der Waals surface area (Å²) in [6.45, 7) is -0.897. The first kappa shape index (κ1) is 16.5. The average Bonchev–Trinajstić information content (AvgIpc) is 2.85. The zero-order valence-corrected chi connectivity index (χ0v) is 13.2. The molecule has 2 rings (SSSR count). The zero-order chi connectivity index (χ0) is 16.3. The van der Waals surface area contributed by atoms with Gasteiger partial charge >= 0.3 is 0 Å². The average molecular weight is 360 g/mol. The third-order valence-corrected chi connectivity index (χ3v) is 4.36. The van der Waals surface area contributed by atoms with Crippen molar-refractivity contribution >= 4 is 46.1 Å². The van der Waals surface area contributed by atoms with E-state index >= 15 is 0 Å². The highest BCUT2D eigenvalue weighted by Gasteiger charge is 2.15. The lowest BCUT2D eigenvalue weighted by Crippen LogP contribution is -2.22. The monoisotopic (exact) mass is 359 g/mol. The molecule has 1 amide bonds. The fourth-order valence-corrected chi connectivity index (χ4v) is 2.97. The van der Waals surface area contributed by atoms with E-state index in [0.29, 0.717) is 0 Å². The molecule has 0 aromatic carbocycles. The van der Waals surface area contributed by atoms with Gasteiger partial charge in [0.15, 0.2) is 0 Å². The van der Waals surface area contributed by atoms with Gasteiger partial charge in [-0.3, -0.25) is 9.59 Å². The smallest absolute Gasteiger partial charge is 0.269 e. The third-order valence-electron chi connectivity index (χ3n) is 2.64. The van der Waals surface area contributed by atoms with E-state index in [1.165, 1.54) is 18.3 Å². The molecule has 2 heterocycles. The molecule has 0 aliphatic carbocycles. The summed E-state index contributed by atoms with van der Waals surface area (Å²) >= 11 is 12.5. The quantitative estimate of drug-likeness (QED) is 0.909. The van der Waals surface area contributed by atoms with E-state index in [1.54, 1.807) is 0 Å². The molecule has 0 atom stereocenters. The molecule has 5 nitrogen and oxygen atoms in total. The Balaban J connectivity index is 2.28. The number of aromatic nitrogens is 1. The van der Waals surface area contributed by atoms with Crippen LogP contribution in [-0.2, 0) is 6.54 Å². The highest BCUT2D eigenvalue weighted by molar-refractivity contribution is 7.15. The molecule has 0 aliphatic heterocycles. The van der Waals surface area contributed by atoms with Gasteiger partial charge in [-0.15, -0.1) is 11.3 Å². The number of pyridine rings is 1. The molecular formula is C13H8Cl2FN3O2S. The van der Waals surface area contributed by atoms with Crippen molar-refractivity contribution < 1.29 is 9.18 Å². The zero-order valence-electron chi connectivity index (χ0n) is 10.9. The second-order valence-electron chi connectivity index (χ2n) is 4.12. The van der Waals surface area contributed by atoms with Crippen molar-refractivity contribution in [2.24, 2.45) is 0 Å². The molecule has 0 aliphatic rings. The van der Waals surface area contributed by atoms with E-state index < -0.39 is 18.1 Å². The molecule has 0 fully saturated rings. The van der Waals surface area contributed by atoms with Gasteiger partial charge in [-0.05, 0) is 12.1 Å². The number of aryl methyl sites for hydroxylation is 1. The number of carbonyl (C=O) groups excluding carboxylic acids is 1. The Hall–Kier alpha value is -1.88. The van der Waals surface area contributed by atoms with E-state index in [4.69, 9.17) is 28.5 Å². The van der Waals surface area contributed by atoms with E-state index in [1.807, 2.05) is 6.07 Å². The van der Waals surface area contributed by atoms with Gasteiger partial charge < -0.3 is 9.88 Å². The molecule has 1 N–H and O–H groups in total. The maximum Gasteiger partial charge on any atom is 0.269 e. The number of alkyl halides is 1. The first-order valence-corrected chi connectivity index (χ1v) is 7.50. The number of nitrogens with one attached hydrogen (secondary N) is 1. The standard InChI is InChI=1S/C13H8Cl2FN3O2S/c14-8-4-10(22-11(8)5-17)12(20)18-7-3-9(15)13(21)19(6-7)2-1-16/h3-4,6H,1-2H2,(H,18,20). The van der Waals surface area contributed by atoms with Crippen LogP contribution in [0.2, 0.25) is 10.0 Å². The van der Waals surface area contributed by atoms with Crippen LogP contribution in [0.15, 0.2) is 23.1 Å². The molecule has 0 spiro atoms. The predicted molar refractivity (Wildman–Crippen MR) is 83.7 cm³/mol. The van der Waals surface area contributed by atoms with Crippen molar-refractivity contribution in [1.29, 1.82) is 5.26 Å². The highest BCUT2D eigenvalue weighted by atomic mass is 35.5. The normalized spacial score (nSPS) is 10.3. The van der Waals surface area contributed by atoms with Crippen molar-refractivity contribution in [3.8, 4) is 6.07 Å². The largest absolute Gasteiger partial charge is 0.320 e. The van der Waals surface area contributed by atoms with Gasteiger partial charge in [0.1, 0.15) is 22.6 Å². The first-order valence-electron chi connectivity index (χ1n) is 5.93. The second kappa shape index (κ2) is 6.92. The van der Waals surface area contributed by atoms with Crippen LogP contribution in [-0.4, -0.2) is 17.1 Å². The molecule has 0 radical (unpaired) electrons. The summed E-state index contributed by atoms with van der Waals surface area (Å²) in [7, 11) is 0. The number of nitriles is 1. The Kier molecular flexibility index (Phi) is 5.19. The van der Waals surface area contributed by atoms with Crippen molar-refractivity contribution in [3.63, 3.8) is 0 Å². The summed E-state index contributed by atoms with van der Waals surface area (Å²) < 4.78 is 13.5. The summed E-state index contributed by atoms with van der Waals surface area (Å²) in [6, 6.07) is 4.52. The number of thiophene rings is 1.